The second-order valence-corrected chi connectivity index (χ2v) is 8.15. The Morgan fingerprint density at radius 1 is 1.07 bits per heavy atom. The molecule has 1 aliphatic heterocycles. The molecule has 2 fully saturated rings. The van der Waals surface area contributed by atoms with E-state index < -0.39 is 0 Å². The quantitative estimate of drug-likeness (QED) is 0.907. The van der Waals surface area contributed by atoms with Gasteiger partial charge >= 0.3 is 0 Å². The van der Waals surface area contributed by atoms with Crippen LogP contribution in [0.25, 0.3) is 10.9 Å². The monoisotopic (exact) mass is 367 g/mol. The van der Waals surface area contributed by atoms with Crippen LogP contribution in [-0.2, 0) is 11.3 Å². The summed E-state index contributed by atoms with van der Waals surface area (Å²) < 4.78 is 0. The van der Waals surface area contributed by atoms with Gasteiger partial charge < -0.3 is 9.88 Å². The number of fused-ring (bicyclic) bond motifs is 1. The first kappa shape index (κ1) is 18.2. The standard InChI is InChI=1S/C22H29N3O2/c1-16-7-8-20-18(13-16)14-19(21(26)23-20)15-24-9-11-25(12-10-24)22(27)17-5-3-2-4-6-17/h7-8,13-14,17H,2-6,9-12,15H2,1H3,(H,23,26). The van der Waals surface area contributed by atoms with Crippen LogP contribution in [0.15, 0.2) is 29.1 Å². The molecule has 5 nitrogen and oxygen atoms in total. The van der Waals surface area contributed by atoms with Crippen LogP contribution in [0.5, 0.6) is 0 Å². The Hall–Kier alpha value is -2.14. The fraction of sp³-hybridized carbons (Fsp3) is 0.545. The minimum atomic E-state index is -0.00735. The molecule has 5 heteroatoms. The topological polar surface area (TPSA) is 56.4 Å². The number of aromatic nitrogens is 1. The molecule has 4 rings (SSSR count). The summed E-state index contributed by atoms with van der Waals surface area (Å²) in [5.74, 6) is 0.602. The van der Waals surface area contributed by atoms with E-state index in [1.54, 1.807) is 0 Å². The van der Waals surface area contributed by atoms with Crippen molar-refractivity contribution in [3.8, 4) is 0 Å². The number of benzene rings is 1. The number of carbonyl (C=O) groups excluding carboxylic acids is 1. The molecule has 1 N–H and O–H groups in total. The number of carbonyl (C=O) groups is 1. The van der Waals surface area contributed by atoms with Crippen LogP contribution in [0, 0.1) is 12.8 Å². The van der Waals surface area contributed by atoms with E-state index in [0.29, 0.717) is 12.5 Å². The second kappa shape index (κ2) is 7.85. The summed E-state index contributed by atoms with van der Waals surface area (Å²) >= 11 is 0. The van der Waals surface area contributed by atoms with E-state index in [9.17, 15) is 9.59 Å². The van der Waals surface area contributed by atoms with Gasteiger partial charge in [0.05, 0.1) is 0 Å². The maximum absolute atomic E-state index is 12.7. The molecule has 1 amide bonds. The number of piperazine rings is 1. The van der Waals surface area contributed by atoms with Gasteiger partial charge in [0.2, 0.25) is 5.91 Å². The van der Waals surface area contributed by atoms with E-state index in [1.807, 2.05) is 23.1 Å². The Kier molecular flexibility index (Phi) is 5.30. The maximum atomic E-state index is 12.7. The Balaban J connectivity index is 1.39. The third-order valence-corrected chi connectivity index (χ3v) is 6.11. The summed E-state index contributed by atoms with van der Waals surface area (Å²) in [5, 5.41) is 1.08. The number of amides is 1. The van der Waals surface area contributed by atoms with E-state index in [0.717, 1.165) is 55.5 Å². The Morgan fingerprint density at radius 2 is 1.81 bits per heavy atom. The molecule has 0 unspecified atom stereocenters. The van der Waals surface area contributed by atoms with Crippen molar-refractivity contribution >= 4 is 16.8 Å². The summed E-state index contributed by atoms with van der Waals surface area (Å²) in [6.07, 6.45) is 5.79. The molecule has 2 aromatic rings. The zero-order chi connectivity index (χ0) is 18.8. The van der Waals surface area contributed by atoms with Gasteiger partial charge in [0, 0.05) is 49.7 Å². The normalized spacial score (nSPS) is 19.5. The molecule has 27 heavy (non-hydrogen) atoms. The summed E-state index contributed by atoms with van der Waals surface area (Å²) in [5.41, 5.74) is 2.87. The minimum Gasteiger partial charge on any atom is -0.340 e. The molecule has 144 valence electrons. The first-order valence-electron chi connectivity index (χ1n) is 10.2. The number of aromatic amines is 1. The zero-order valence-corrected chi connectivity index (χ0v) is 16.2. The zero-order valence-electron chi connectivity index (χ0n) is 16.2. The van der Waals surface area contributed by atoms with Crippen LogP contribution in [-0.4, -0.2) is 46.9 Å². The lowest BCUT2D eigenvalue weighted by Gasteiger charge is -2.37. The first-order chi connectivity index (χ1) is 13.1. The van der Waals surface area contributed by atoms with Crippen LogP contribution in [0.1, 0.15) is 43.2 Å². The van der Waals surface area contributed by atoms with Gasteiger partial charge in [0.1, 0.15) is 0 Å². The van der Waals surface area contributed by atoms with Crippen molar-refractivity contribution in [2.75, 3.05) is 26.2 Å². The van der Waals surface area contributed by atoms with Gasteiger partial charge in [-0.3, -0.25) is 14.5 Å². The van der Waals surface area contributed by atoms with Crippen LogP contribution >= 0.6 is 0 Å². The summed E-state index contributed by atoms with van der Waals surface area (Å²) in [6, 6.07) is 8.10. The van der Waals surface area contributed by atoms with Crippen LogP contribution in [0.3, 0.4) is 0 Å². The summed E-state index contributed by atoms with van der Waals surface area (Å²) in [7, 11) is 0. The molecule has 1 aromatic heterocycles. The predicted octanol–water partition coefficient (Wildman–Crippen LogP) is 3.06. The lowest BCUT2D eigenvalue weighted by atomic mass is 9.88. The predicted molar refractivity (Wildman–Crippen MR) is 108 cm³/mol. The third-order valence-electron chi connectivity index (χ3n) is 6.11. The molecule has 0 atom stereocenters. The van der Waals surface area contributed by atoms with Crippen LogP contribution in [0.4, 0.5) is 0 Å². The Labute approximate surface area is 160 Å². The largest absolute Gasteiger partial charge is 0.340 e. The van der Waals surface area contributed by atoms with Crippen molar-refractivity contribution in [3.63, 3.8) is 0 Å². The van der Waals surface area contributed by atoms with Gasteiger partial charge in [-0.2, -0.15) is 0 Å². The number of hydrogen-bond donors (Lipinski definition) is 1. The molecule has 2 aliphatic rings. The van der Waals surface area contributed by atoms with Crippen molar-refractivity contribution in [2.24, 2.45) is 5.92 Å². The van der Waals surface area contributed by atoms with Crippen LogP contribution < -0.4 is 5.56 Å². The maximum Gasteiger partial charge on any atom is 0.252 e. The highest BCUT2D eigenvalue weighted by Crippen LogP contribution is 2.26. The number of H-pyrrole nitrogens is 1. The van der Waals surface area contributed by atoms with Crippen molar-refractivity contribution < 1.29 is 4.79 Å². The van der Waals surface area contributed by atoms with E-state index >= 15 is 0 Å². The molecule has 0 radical (unpaired) electrons. The van der Waals surface area contributed by atoms with E-state index in [-0.39, 0.29) is 11.5 Å². The average molecular weight is 367 g/mol. The number of hydrogen-bond acceptors (Lipinski definition) is 3. The van der Waals surface area contributed by atoms with Crippen molar-refractivity contribution in [3.05, 3.63) is 45.7 Å². The highest BCUT2D eigenvalue weighted by molar-refractivity contribution is 5.80. The van der Waals surface area contributed by atoms with Gasteiger partial charge in [-0.1, -0.05) is 30.9 Å². The molecule has 1 aliphatic carbocycles. The van der Waals surface area contributed by atoms with Gasteiger partial charge in [0.15, 0.2) is 0 Å². The fourth-order valence-corrected chi connectivity index (χ4v) is 4.46. The second-order valence-electron chi connectivity index (χ2n) is 8.15. The van der Waals surface area contributed by atoms with Crippen LogP contribution in [0.2, 0.25) is 0 Å². The molecular formula is C22H29N3O2. The summed E-state index contributed by atoms with van der Waals surface area (Å²) in [4.78, 5) is 32.5. The SMILES string of the molecule is Cc1ccc2[nH]c(=O)c(CN3CCN(C(=O)C4CCCCC4)CC3)cc2c1. The van der Waals surface area contributed by atoms with Gasteiger partial charge in [-0.15, -0.1) is 0 Å². The van der Waals surface area contributed by atoms with Gasteiger partial charge in [-0.05, 0) is 43.4 Å². The molecule has 0 spiro atoms. The highest BCUT2D eigenvalue weighted by Gasteiger charge is 2.28. The van der Waals surface area contributed by atoms with E-state index in [2.05, 4.69) is 22.9 Å². The molecule has 1 saturated carbocycles. The molecular weight excluding hydrogens is 338 g/mol. The van der Waals surface area contributed by atoms with Crippen molar-refractivity contribution in [1.29, 1.82) is 0 Å². The molecule has 1 aromatic carbocycles. The molecule has 0 bridgehead atoms. The Bertz CT molecular complexity index is 875. The number of rotatable bonds is 3. The third kappa shape index (κ3) is 4.08. The average Bonchev–Trinajstić information content (AvgIpc) is 2.69. The fourth-order valence-electron chi connectivity index (χ4n) is 4.46. The van der Waals surface area contributed by atoms with E-state index in [4.69, 9.17) is 0 Å². The number of aryl methyl sites for hydroxylation is 1. The first-order valence-corrected chi connectivity index (χ1v) is 10.2. The number of nitrogens with zero attached hydrogens (tertiary/aromatic N) is 2. The molecule has 2 heterocycles. The van der Waals surface area contributed by atoms with Gasteiger partial charge in [0.25, 0.3) is 5.56 Å². The van der Waals surface area contributed by atoms with Crippen molar-refractivity contribution in [2.45, 2.75) is 45.6 Å². The minimum absolute atomic E-state index is 0.00735. The highest BCUT2D eigenvalue weighted by atomic mass is 16.2. The van der Waals surface area contributed by atoms with Gasteiger partial charge in [-0.25, -0.2) is 0 Å². The number of nitrogens with one attached hydrogen (secondary N) is 1. The smallest absolute Gasteiger partial charge is 0.252 e. The lowest BCUT2D eigenvalue weighted by molar-refractivity contribution is -0.138. The number of pyridine rings is 1. The Morgan fingerprint density at radius 3 is 2.56 bits per heavy atom. The van der Waals surface area contributed by atoms with E-state index in [1.165, 1.54) is 24.8 Å². The summed E-state index contributed by atoms with van der Waals surface area (Å²) in [6.45, 7) is 5.94. The lowest BCUT2D eigenvalue weighted by Crippen LogP contribution is -2.50. The van der Waals surface area contributed by atoms with Crippen molar-refractivity contribution in [1.82, 2.24) is 14.8 Å². The molecule has 1 saturated heterocycles.